The summed E-state index contributed by atoms with van der Waals surface area (Å²) in [6.45, 7) is 12.8. The van der Waals surface area contributed by atoms with Crippen molar-refractivity contribution in [3.05, 3.63) is 29.6 Å². The lowest BCUT2D eigenvalue weighted by Gasteiger charge is -2.36. The normalized spacial score (nSPS) is 14.5. The highest BCUT2D eigenvalue weighted by atomic mass is 19.1. The lowest BCUT2D eigenvalue weighted by Crippen LogP contribution is -2.43. The lowest BCUT2D eigenvalue weighted by atomic mass is 9.81. The summed E-state index contributed by atoms with van der Waals surface area (Å²) in [5.41, 5.74) is 0.714. The molecule has 1 aromatic rings. The van der Waals surface area contributed by atoms with E-state index in [1.165, 1.54) is 6.07 Å². The molecule has 19 heavy (non-hydrogen) atoms. The molecule has 0 aliphatic heterocycles. The Morgan fingerprint density at radius 2 is 1.79 bits per heavy atom. The maximum Gasteiger partial charge on any atom is 0.131 e. The molecule has 0 spiro atoms. The van der Waals surface area contributed by atoms with Crippen LogP contribution >= 0.6 is 0 Å². The summed E-state index contributed by atoms with van der Waals surface area (Å²) < 4.78 is 13.8. The fourth-order valence-corrected chi connectivity index (χ4v) is 2.91. The predicted octanol–water partition coefficient (Wildman–Crippen LogP) is 4.40. The molecular weight excluding hydrogens is 241 g/mol. The molecule has 1 aromatic carbocycles. The number of phenols is 1. The molecule has 0 fully saturated rings. The smallest absolute Gasteiger partial charge is 0.131 e. The van der Waals surface area contributed by atoms with Crippen molar-refractivity contribution in [2.45, 2.75) is 59.5 Å². The zero-order chi connectivity index (χ0) is 14.8. The van der Waals surface area contributed by atoms with Crippen molar-refractivity contribution in [1.82, 2.24) is 5.32 Å². The molecule has 1 atom stereocenters. The number of benzene rings is 1. The maximum absolute atomic E-state index is 13.8. The fraction of sp³-hybridized carbons (Fsp3) is 0.625. The van der Waals surface area contributed by atoms with E-state index in [-0.39, 0.29) is 28.6 Å². The van der Waals surface area contributed by atoms with Gasteiger partial charge >= 0.3 is 0 Å². The van der Waals surface area contributed by atoms with Crippen molar-refractivity contribution in [3.63, 3.8) is 0 Å². The Balaban J connectivity index is 2.81. The monoisotopic (exact) mass is 267 g/mol. The van der Waals surface area contributed by atoms with E-state index in [2.05, 4.69) is 39.9 Å². The zero-order valence-electron chi connectivity index (χ0n) is 12.8. The number of rotatable bonds is 4. The van der Waals surface area contributed by atoms with Gasteiger partial charge in [-0.2, -0.15) is 0 Å². The van der Waals surface area contributed by atoms with Gasteiger partial charge in [-0.25, -0.2) is 4.39 Å². The summed E-state index contributed by atoms with van der Waals surface area (Å²) >= 11 is 0. The molecule has 0 bridgehead atoms. The molecule has 1 rings (SSSR count). The molecule has 2 nitrogen and oxygen atoms in total. The molecule has 0 heterocycles. The van der Waals surface area contributed by atoms with Gasteiger partial charge in [-0.15, -0.1) is 0 Å². The highest BCUT2D eigenvalue weighted by molar-refractivity contribution is 5.29. The first-order valence-electron chi connectivity index (χ1n) is 6.76. The second-order valence-electron chi connectivity index (χ2n) is 7.19. The maximum atomic E-state index is 13.8. The summed E-state index contributed by atoms with van der Waals surface area (Å²) in [5.74, 6) is -0.408. The first kappa shape index (κ1) is 16.0. The Hall–Kier alpha value is -1.09. The minimum atomic E-state index is -0.369. The lowest BCUT2D eigenvalue weighted by molar-refractivity contribution is 0.225. The summed E-state index contributed by atoms with van der Waals surface area (Å²) in [5, 5.41) is 12.7. The van der Waals surface area contributed by atoms with E-state index >= 15 is 0 Å². The number of aromatic hydroxyl groups is 1. The molecule has 108 valence electrons. The van der Waals surface area contributed by atoms with Crippen molar-refractivity contribution in [2.24, 2.45) is 5.41 Å². The van der Waals surface area contributed by atoms with Gasteiger partial charge in [-0.3, -0.25) is 0 Å². The Morgan fingerprint density at radius 3 is 2.26 bits per heavy atom. The predicted molar refractivity (Wildman–Crippen MR) is 77.8 cm³/mol. The Bertz CT molecular complexity index is 435. The Morgan fingerprint density at radius 1 is 1.21 bits per heavy atom. The third-order valence-corrected chi connectivity index (χ3v) is 3.03. The number of nitrogens with one attached hydrogen (secondary N) is 1. The van der Waals surface area contributed by atoms with E-state index in [9.17, 15) is 9.50 Å². The minimum Gasteiger partial charge on any atom is -0.508 e. The van der Waals surface area contributed by atoms with Gasteiger partial charge in [0.05, 0.1) is 0 Å². The van der Waals surface area contributed by atoms with Crippen LogP contribution < -0.4 is 5.32 Å². The average molecular weight is 267 g/mol. The van der Waals surface area contributed by atoms with Gasteiger partial charge in [0.1, 0.15) is 11.6 Å². The number of phenolic OH excluding ortho intramolecular Hbond substituents is 1. The van der Waals surface area contributed by atoms with Gasteiger partial charge in [0, 0.05) is 23.2 Å². The first-order valence-corrected chi connectivity index (χ1v) is 6.76. The topological polar surface area (TPSA) is 32.3 Å². The zero-order valence-corrected chi connectivity index (χ0v) is 12.8. The summed E-state index contributed by atoms with van der Waals surface area (Å²) in [4.78, 5) is 0. The van der Waals surface area contributed by atoms with Crippen molar-refractivity contribution >= 4 is 0 Å². The van der Waals surface area contributed by atoms with Gasteiger partial charge in [-0.05, 0) is 38.7 Å². The van der Waals surface area contributed by atoms with Gasteiger partial charge < -0.3 is 10.4 Å². The van der Waals surface area contributed by atoms with Crippen LogP contribution in [0.25, 0.3) is 0 Å². The van der Waals surface area contributed by atoms with E-state index in [0.717, 1.165) is 12.5 Å². The molecule has 0 amide bonds. The van der Waals surface area contributed by atoms with E-state index in [4.69, 9.17) is 0 Å². The Labute approximate surface area is 116 Å². The number of halogens is 1. The summed E-state index contributed by atoms with van der Waals surface area (Å²) in [6, 6.07) is 4.21. The molecule has 0 aliphatic rings. The minimum absolute atomic E-state index is 0.0394. The molecule has 0 saturated carbocycles. The molecule has 0 aliphatic carbocycles. The standard InChI is InChI=1S/C16H26FNO/c1-11(13-8-7-12(19)9-14(13)17)18-16(5,6)10-15(2,3)4/h7-9,11,18-19H,10H2,1-6H3. The summed E-state index contributed by atoms with van der Waals surface area (Å²) in [6.07, 6.45) is 0.990. The van der Waals surface area contributed by atoms with Crippen LogP contribution in [0, 0.1) is 11.2 Å². The van der Waals surface area contributed by atoms with Gasteiger partial charge in [-0.1, -0.05) is 26.8 Å². The number of hydrogen-bond acceptors (Lipinski definition) is 2. The highest BCUT2D eigenvalue weighted by Crippen LogP contribution is 2.30. The van der Waals surface area contributed by atoms with Crippen LogP contribution in [-0.4, -0.2) is 10.6 Å². The molecule has 1 unspecified atom stereocenters. The van der Waals surface area contributed by atoms with E-state index in [1.807, 2.05) is 6.92 Å². The second kappa shape index (κ2) is 5.49. The quantitative estimate of drug-likeness (QED) is 0.847. The van der Waals surface area contributed by atoms with E-state index in [0.29, 0.717) is 5.56 Å². The molecule has 3 heteroatoms. The molecule has 0 saturated heterocycles. The van der Waals surface area contributed by atoms with Crippen molar-refractivity contribution in [2.75, 3.05) is 0 Å². The second-order valence-corrected chi connectivity index (χ2v) is 7.19. The van der Waals surface area contributed by atoms with Crippen LogP contribution in [0.1, 0.15) is 59.6 Å². The van der Waals surface area contributed by atoms with Gasteiger partial charge in [0.15, 0.2) is 0 Å². The number of hydrogen-bond donors (Lipinski definition) is 2. The van der Waals surface area contributed by atoms with E-state index < -0.39 is 0 Å². The largest absolute Gasteiger partial charge is 0.508 e. The van der Waals surface area contributed by atoms with Gasteiger partial charge in [0.2, 0.25) is 0 Å². The van der Waals surface area contributed by atoms with Crippen LogP contribution in [0.2, 0.25) is 0 Å². The van der Waals surface area contributed by atoms with Crippen LogP contribution in [0.15, 0.2) is 18.2 Å². The molecule has 0 radical (unpaired) electrons. The average Bonchev–Trinajstić information content (AvgIpc) is 2.11. The van der Waals surface area contributed by atoms with Crippen LogP contribution in [0.5, 0.6) is 5.75 Å². The SMILES string of the molecule is CC(NC(C)(C)CC(C)(C)C)c1ccc(O)cc1F. The third-order valence-electron chi connectivity index (χ3n) is 3.03. The highest BCUT2D eigenvalue weighted by Gasteiger charge is 2.27. The van der Waals surface area contributed by atoms with Crippen LogP contribution in [0.4, 0.5) is 4.39 Å². The Kier molecular flexibility index (Phi) is 4.62. The summed E-state index contributed by atoms with van der Waals surface area (Å²) in [7, 11) is 0. The first-order chi connectivity index (χ1) is 8.50. The van der Waals surface area contributed by atoms with Gasteiger partial charge in [0.25, 0.3) is 0 Å². The third kappa shape index (κ3) is 5.19. The molecule has 0 aromatic heterocycles. The fourth-order valence-electron chi connectivity index (χ4n) is 2.91. The van der Waals surface area contributed by atoms with Crippen LogP contribution in [-0.2, 0) is 0 Å². The van der Waals surface area contributed by atoms with Crippen molar-refractivity contribution < 1.29 is 9.50 Å². The van der Waals surface area contributed by atoms with Crippen LogP contribution in [0.3, 0.4) is 0 Å². The molecule has 2 N–H and O–H groups in total. The van der Waals surface area contributed by atoms with Crippen molar-refractivity contribution in [1.29, 1.82) is 0 Å². The van der Waals surface area contributed by atoms with Crippen molar-refractivity contribution in [3.8, 4) is 5.75 Å². The van der Waals surface area contributed by atoms with E-state index in [1.54, 1.807) is 6.07 Å². The molecular formula is C16H26FNO.